The van der Waals surface area contributed by atoms with Crippen LogP contribution in [0.3, 0.4) is 0 Å². The maximum atomic E-state index is 12.2. The van der Waals surface area contributed by atoms with E-state index < -0.39 is 0 Å². The van der Waals surface area contributed by atoms with Crippen LogP contribution in [0.2, 0.25) is 0 Å². The van der Waals surface area contributed by atoms with E-state index in [1.54, 1.807) is 0 Å². The average molecular weight is 398 g/mol. The van der Waals surface area contributed by atoms with Gasteiger partial charge in [0.15, 0.2) is 5.65 Å². The minimum atomic E-state index is -0.199. The van der Waals surface area contributed by atoms with Crippen LogP contribution in [-0.2, 0) is 11.2 Å². The predicted octanol–water partition coefficient (Wildman–Crippen LogP) is 3.39. The van der Waals surface area contributed by atoms with Gasteiger partial charge in [0.2, 0.25) is 5.91 Å². The van der Waals surface area contributed by atoms with Gasteiger partial charge >= 0.3 is 0 Å². The maximum absolute atomic E-state index is 12.2. The highest BCUT2D eigenvalue weighted by Crippen LogP contribution is 2.34. The largest absolute Gasteiger partial charge is 0.351 e. The monoisotopic (exact) mass is 397 g/mol. The highest BCUT2D eigenvalue weighted by molar-refractivity contribution is 5.77. The molecule has 2 fully saturated rings. The van der Waals surface area contributed by atoms with Crippen LogP contribution < -0.4 is 5.32 Å². The smallest absolute Gasteiger partial charge is 0.220 e. The lowest BCUT2D eigenvalue weighted by atomic mass is 10.0. The quantitative estimate of drug-likeness (QED) is 0.812. The van der Waals surface area contributed by atoms with Gasteiger partial charge in [-0.3, -0.25) is 4.79 Å². The Hall–Kier alpha value is -1.95. The molecule has 0 spiro atoms. The summed E-state index contributed by atoms with van der Waals surface area (Å²) in [4.78, 5) is 19.7. The van der Waals surface area contributed by atoms with Crippen molar-refractivity contribution in [2.45, 2.75) is 78.2 Å². The summed E-state index contributed by atoms with van der Waals surface area (Å²) in [5.41, 5.74) is 5.15. The Kier molecular flexibility index (Phi) is 5.40. The lowest BCUT2D eigenvalue weighted by Crippen LogP contribution is -2.40. The molecule has 0 radical (unpaired) electrons. The van der Waals surface area contributed by atoms with Crippen molar-refractivity contribution < 1.29 is 4.79 Å². The molecule has 2 aliphatic rings. The van der Waals surface area contributed by atoms with Crippen molar-refractivity contribution in [2.24, 2.45) is 5.92 Å². The van der Waals surface area contributed by atoms with E-state index in [4.69, 9.17) is 10.1 Å². The molecule has 4 rings (SSSR count). The molecule has 1 aliphatic carbocycles. The molecule has 1 unspecified atom stereocenters. The topological polar surface area (TPSA) is 62.5 Å². The Morgan fingerprint density at radius 1 is 1.24 bits per heavy atom. The van der Waals surface area contributed by atoms with Crippen molar-refractivity contribution in [3.05, 3.63) is 28.7 Å². The van der Waals surface area contributed by atoms with Gasteiger partial charge in [0.1, 0.15) is 0 Å². The van der Waals surface area contributed by atoms with Crippen molar-refractivity contribution in [1.82, 2.24) is 24.8 Å². The van der Waals surface area contributed by atoms with Crippen LogP contribution in [0.5, 0.6) is 0 Å². The molecule has 6 heteroatoms. The third-order valence-corrected chi connectivity index (χ3v) is 6.20. The summed E-state index contributed by atoms with van der Waals surface area (Å²) in [5.74, 6) is 1.54. The summed E-state index contributed by atoms with van der Waals surface area (Å²) >= 11 is 0. The minimum Gasteiger partial charge on any atom is -0.351 e. The molecule has 1 saturated heterocycles. The van der Waals surface area contributed by atoms with Crippen LogP contribution in [-0.4, -0.2) is 50.6 Å². The molecule has 2 aromatic rings. The Bertz CT molecular complexity index is 906. The van der Waals surface area contributed by atoms with Gasteiger partial charge in [0.05, 0.1) is 5.69 Å². The fourth-order valence-electron chi connectivity index (χ4n) is 4.53. The number of amides is 1. The molecule has 1 N–H and O–H groups in total. The standard InChI is InChI=1S/C23H35N5O/c1-15-19(8-9-22(29)25-23(3,4)5)16(2)28-21(24-15)12-20(26-28)18-10-11-27(14-18)13-17-6-7-17/h12,17-18H,6-11,13-14H2,1-5H3,(H,25,29). The second-order valence-electron chi connectivity index (χ2n) is 10.1. The van der Waals surface area contributed by atoms with Gasteiger partial charge in [-0.1, -0.05) is 0 Å². The number of hydrogen-bond donors (Lipinski definition) is 1. The van der Waals surface area contributed by atoms with Crippen LogP contribution in [0.25, 0.3) is 5.65 Å². The summed E-state index contributed by atoms with van der Waals surface area (Å²) in [6.07, 6.45) is 5.17. The number of aryl methyl sites for hydroxylation is 2. The molecule has 158 valence electrons. The van der Waals surface area contributed by atoms with Gasteiger partial charge in [-0.05, 0) is 78.3 Å². The Labute approximate surface area is 174 Å². The molecule has 2 aromatic heterocycles. The average Bonchev–Trinajstić information content (AvgIpc) is 3.12. The van der Waals surface area contributed by atoms with Crippen LogP contribution in [0.1, 0.15) is 75.0 Å². The highest BCUT2D eigenvalue weighted by Gasteiger charge is 2.31. The molecule has 1 aliphatic heterocycles. The molecule has 6 nitrogen and oxygen atoms in total. The zero-order valence-corrected chi connectivity index (χ0v) is 18.6. The van der Waals surface area contributed by atoms with Gasteiger partial charge in [-0.15, -0.1) is 0 Å². The number of hydrogen-bond acceptors (Lipinski definition) is 4. The molecular formula is C23H35N5O. The van der Waals surface area contributed by atoms with E-state index >= 15 is 0 Å². The summed E-state index contributed by atoms with van der Waals surface area (Å²) in [6.45, 7) is 13.8. The van der Waals surface area contributed by atoms with E-state index in [0.29, 0.717) is 18.8 Å². The zero-order chi connectivity index (χ0) is 20.8. The highest BCUT2D eigenvalue weighted by atomic mass is 16.1. The van der Waals surface area contributed by atoms with Gasteiger partial charge in [0.25, 0.3) is 0 Å². The third kappa shape index (κ3) is 4.80. The first-order valence-electron chi connectivity index (χ1n) is 11.1. The number of fused-ring (bicyclic) bond motifs is 1. The van der Waals surface area contributed by atoms with Gasteiger partial charge < -0.3 is 10.2 Å². The number of nitrogens with one attached hydrogen (secondary N) is 1. The molecular weight excluding hydrogens is 362 g/mol. The third-order valence-electron chi connectivity index (χ3n) is 6.20. The SMILES string of the molecule is Cc1nc2cc(C3CCN(CC4CC4)C3)nn2c(C)c1CCC(=O)NC(C)(C)C. The van der Waals surface area contributed by atoms with Gasteiger partial charge in [-0.2, -0.15) is 5.10 Å². The van der Waals surface area contributed by atoms with Crippen molar-refractivity contribution >= 4 is 11.6 Å². The van der Waals surface area contributed by atoms with Crippen LogP contribution >= 0.6 is 0 Å². The van der Waals surface area contributed by atoms with Crippen LogP contribution in [0, 0.1) is 19.8 Å². The minimum absolute atomic E-state index is 0.0826. The number of nitrogens with zero attached hydrogens (tertiary/aromatic N) is 4. The normalized spacial score (nSPS) is 20.5. The predicted molar refractivity (Wildman–Crippen MR) is 115 cm³/mol. The zero-order valence-electron chi connectivity index (χ0n) is 18.6. The number of carbonyl (C=O) groups is 1. The Morgan fingerprint density at radius 3 is 2.69 bits per heavy atom. The van der Waals surface area contributed by atoms with E-state index in [1.807, 2.05) is 32.2 Å². The van der Waals surface area contributed by atoms with E-state index in [1.165, 1.54) is 38.0 Å². The lowest BCUT2D eigenvalue weighted by Gasteiger charge is -2.20. The van der Waals surface area contributed by atoms with Crippen LogP contribution in [0.4, 0.5) is 0 Å². The maximum Gasteiger partial charge on any atom is 0.220 e. The van der Waals surface area contributed by atoms with E-state index in [9.17, 15) is 4.79 Å². The van der Waals surface area contributed by atoms with Gasteiger partial charge in [-0.25, -0.2) is 9.50 Å². The van der Waals surface area contributed by atoms with E-state index in [0.717, 1.165) is 35.1 Å². The first-order chi connectivity index (χ1) is 13.7. The number of carbonyl (C=O) groups excluding carboxylic acids is 1. The number of aromatic nitrogens is 3. The van der Waals surface area contributed by atoms with Crippen molar-refractivity contribution in [2.75, 3.05) is 19.6 Å². The van der Waals surface area contributed by atoms with Crippen LogP contribution in [0.15, 0.2) is 6.07 Å². The van der Waals surface area contributed by atoms with Crippen molar-refractivity contribution in [3.63, 3.8) is 0 Å². The van der Waals surface area contributed by atoms with Crippen molar-refractivity contribution in [1.29, 1.82) is 0 Å². The first kappa shape index (κ1) is 20.3. The lowest BCUT2D eigenvalue weighted by molar-refractivity contribution is -0.122. The number of rotatable bonds is 6. The Morgan fingerprint density at radius 2 is 2.00 bits per heavy atom. The van der Waals surface area contributed by atoms with E-state index in [2.05, 4.69) is 23.2 Å². The molecule has 1 amide bonds. The summed E-state index contributed by atoms with van der Waals surface area (Å²) in [7, 11) is 0. The Balaban J connectivity index is 1.48. The fourth-order valence-corrected chi connectivity index (χ4v) is 4.53. The molecule has 0 aromatic carbocycles. The summed E-state index contributed by atoms with van der Waals surface area (Å²) in [6, 6.07) is 2.17. The second kappa shape index (κ2) is 7.71. The molecule has 1 atom stereocenters. The molecule has 1 saturated carbocycles. The summed E-state index contributed by atoms with van der Waals surface area (Å²) < 4.78 is 1.99. The molecule has 29 heavy (non-hydrogen) atoms. The second-order valence-corrected chi connectivity index (χ2v) is 10.1. The van der Waals surface area contributed by atoms with Gasteiger partial charge in [0, 0.05) is 48.4 Å². The molecule has 0 bridgehead atoms. The van der Waals surface area contributed by atoms with Crippen molar-refractivity contribution in [3.8, 4) is 0 Å². The summed E-state index contributed by atoms with van der Waals surface area (Å²) in [5, 5.41) is 7.98. The fraction of sp³-hybridized carbons (Fsp3) is 0.696. The van der Waals surface area contributed by atoms with E-state index in [-0.39, 0.29) is 11.4 Å². The molecule has 3 heterocycles. The number of likely N-dealkylation sites (tertiary alicyclic amines) is 1. The first-order valence-corrected chi connectivity index (χ1v) is 11.1.